The molecular formula is C18H29NO2. The zero-order chi connectivity index (χ0) is 15.0. The minimum absolute atomic E-state index is 0.0141. The molecule has 21 heavy (non-hydrogen) atoms. The van der Waals surface area contributed by atoms with Crippen molar-refractivity contribution in [3.05, 3.63) is 0 Å². The summed E-state index contributed by atoms with van der Waals surface area (Å²) >= 11 is 0. The number of carbonyl (C=O) groups is 2. The first-order valence-electron chi connectivity index (χ1n) is 8.85. The summed E-state index contributed by atoms with van der Waals surface area (Å²) in [5.74, 6) is 2.14. The van der Waals surface area contributed by atoms with Gasteiger partial charge >= 0.3 is 0 Å². The fourth-order valence-corrected chi connectivity index (χ4v) is 5.34. The summed E-state index contributed by atoms with van der Waals surface area (Å²) in [5.41, 5.74) is -0.0141. The number of piperidine rings is 1. The quantitative estimate of drug-likeness (QED) is 0.789. The molecule has 0 aromatic heterocycles. The van der Waals surface area contributed by atoms with Crippen LogP contribution in [-0.2, 0) is 9.59 Å². The zero-order valence-corrected chi connectivity index (χ0v) is 13.5. The number of nitrogens with one attached hydrogen (secondary N) is 1. The number of carbonyl (C=O) groups excluding carboxylic acids is 2. The van der Waals surface area contributed by atoms with Gasteiger partial charge in [-0.15, -0.1) is 0 Å². The molecule has 3 fully saturated rings. The number of hydrogen-bond acceptors (Lipinski definition) is 2. The monoisotopic (exact) mass is 291 g/mol. The highest BCUT2D eigenvalue weighted by molar-refractivity contribution is 5.99. The lowest BCUT2D eigenvalue weighted by Crippen LogP contribution is -2.55. The molecule has 1 atom stereocenters. The SMILES string of the molecule is CC(C)C1CCC2(CC1)CC(=O)NC(=O)C2C1CCCC1. The number of imide groups is 1. The van der Waals surface area contributed by atoms with Crippen molar-refractivity contribution in [1.29, 1.82) is 0 Å². The maximum absolute atomic E-state index is 12.5. The van der Waals surface area contributed by atoms with Crippen LogP contribution in [0.2, 0.25) is 0 Å². The first-order chi connectivity index (χ1) is 10.0. The molecule has 1 heterocycles. The highest BCUT2D eigenvalue weighted by Gasteiger charge is 2.52. The first kappa shape index (κ1) is 15.1. The largest absolute Gasteiger partial charge is 0.296 e. The third-order valence-corrected chi connectivity index (χ3v) is 6.56. The highest BCUT2D eigenvalue weighted by atomic mass is 16.2. The van der Waals surface area contributed by atoms with Crippen LogP contribution in [0.1, 0.15) is 71.6 Å². The van der Waals surface area contributed by atoms with Crippen LogP contribution in [0.5, 0.6) is 0 Å². The standard InChI is InChI=1S/C18H29NO2/c1-12(2)13-7-9-18(10-8-13)11-15(20)19-17(21)16(18)14-5-3-4-6-14/h12-14,16H,3-11H2,1-2H3,(H,19,20,21). The average Bonchev–Trinajstić information content (AvgIpc) is 2.91. The van der Waals surface area contributed by atoms with Crippen LogP contribution in [0.4, 0.5) is 0 Å². The molecule has 0 aromatic rings. The summed E-state index contributed by atoms with van der Waals surface area (Å²) in [5, 5.41) is 2.63. The molecule has 0 aromatic carbocycles. The van der Waals surface area contributed by atoms with E-state index in [0.29, 0.717) is 12.3 Å². The minimum atomic E-state index is -0.0303. The Balaban J connectivity index is 1.82. The molecule has 2 saturated carbocycles. The molecule has 2 aliphatic carbocycles. The van der Waals surface area contributed by atoms with Crippen molar-refractivity contribution in [3.8, 4) is 0 Å². The van der Waals surface area contributed by atoms with Crippen LogP contribution in [0.3, 0.4) is 0 Å². The molecule has 118 valence electrons. The predicted molar refractivity (Wildman–Crippen MR) is 82.4 cm³/mol. The molecular weight excluding hydrogens is 262 g/mol. The molecule has 3 heteroatoms. The summed E-state index contributed by atoms with van der Waals surface area (Å²) < 4.78 is 0. The second kappa shape index (κ2) is 5.73. The molecule has 1 unspecified atom stereocenters. The predicted octanol–water partition coefficient (Wildman–Crippen LogP) is 3.67. The molecule has 3 aliphatic rings. The Morgan fingerprint density at radius 2 is 1.67 bits per heavy atom. The average molecular weight is 291 g/mol. The van der Waals surface area contributed by atoms with Gasteiger partial charge in [0.2, 0.25) is 11.8 Å². The van der Waals surface area contributed by atoms with Gasteiger partial charge in [0.1, 0.15) is 0 Å². The number of rotatable bonds is 2. The molecule has 3 rings (SSSR count). The van der Waals surface area contributed by atoms with Crippen molar-refractivity contribution in [2.45, 2.75) is 71.6 Å². The van der Waals surface area contributed by atoms with Gasteiger partial charge in [-0.05, 0) is 61.7 Å². The van der Waals surface area contributed by atoms with Crippen molar-refractivity contribution in [3.63, 3.8) is 0 Å². The Kier molecular flexibility index (Phi) is 4.11. The van der Waals surface area contributed by atoms with Gasteiger partial charge in [-0.1, -0.05) is 26.7 Å². The molecule has 0 bridgehead atoms. The van der Waals surface area contributed by atoms with E-state index in [-0.39, 0.29) is 23.1 Å². The molecule has 0 radical (unpaired) electrons. The van der Waals surface area contributed by atoms with Gasteiger partial charge in [0.25, 0.3) is 0 Å². The van der Waals surface area contributed by atoms with Gasteiger partial charge in [0.05, 0.1) is 0 Å². The van der Waals surface area contributed by atoms with E-state index in [1.165, 1.54) is 38.5 Å². The lowest BCUT2D eigenvalue weighted by atomic mass is 9.56. The number of amides is 2. The maximum Gasteiger partial charge on any atom is 0.230 e. The van der Waals surface area contributed by atoms with E-state index in [1.54, 1.807) is 0 Å². The Labute approximate surface area is 128 Å². The van der Waals surface area contributed by atoms with Gasteiger partial charge < -0.3 is 0 Å². The summed E-state index contributed by atoms with van der Waals surface area (Å²) in [6.07, 6.45) is 10.0. The van der Waals surface area contributed by atoms with Crippen LogP contribution in [0.15, 0.2) is 0 Å². The van der Waals surface area contributed by atoms with Crippen LogP contribution in [-0.4, -0.2) is 11.8 Å². The summed E-state index contributed by atoms with van der Waals surface area (Å²) in [7, 11) is 0. The third kappa shape index (κ3) is 2.76. The van der Waals surface area contributed by atoms with E-state index in [9.17, 15) is 9.59 Å². The Morgan fingerprint density at radius 1 is 1.05 bits per heavy atom. The molecule has 1 spiro atoms. The Morgan fingerprint density at radius 3 is 2.24 bits per heavy atom. The van der Waals surface area contributed by atoms with Crippen LogP contribution in [0, 0.1) is 29.1 Å². The van der Waals surface area contributed by atoms with Crippen LogP contribution < -0.4 is 5.32 Å². The van der Waals surface area contributed by atoms with Crippen molar-refractivity contribution in [2.24, 2.45) is 29.1 Å². The van der Waals surface area contributed by atoms with Gasteiger partial charge in [-0.2, -0.15) is 0 Å². The fraction of sp³-hybridized carbons (Fsp3) is 0.889. The van der Waals surface area contributed by atoms with E-state index >= 15 is 0 Å². The van der Waals surface area contributed by atoms with E-state index < -0.39 is 0 Å². The highest BCUT2D eigenvalue weighted by Crippen LogP contribution is 2.54. The van der Waals surface area contributed by atoms with E-state index in [4.69, 9.17) is 0 Å². The van der Waals surface area contributed by atoms with Crippen molar-refractivity contribution in [1.82, 2.24) is 5.32 Å². The minimum Gasteiger partial charge on any atom is -0.296 e. The maximum atomic E-state index is 12.5. The van der Waals surface area contributed by atoms with Crippen LogP contribution >= 0.6 is 0 Å². The van der Waals surface area contributed by atoms with Crippen molar-refractivity contribution < 1.29 is 9.59 Å². The van der Waals surface area contributed by atoms with E-state index in [1.807, 2.05) is 0 Å². The van der Waals surface area contributed by atoms with Gasteiger partial charge in [-0.25, -0.2) is 0 Å². The van der Waals surface area contributed by atoms with E-state index in [0.717, 1.165) is 24.7 Å². The summed E-state index contributed by atoms with van der Waals surface area (Å²) in [4.78, 5) is 24.5. The molecule has 3 nitrogen and oxygen atoms in total. The Bertz CT molecular complexity index is 415. The van der Waals surface area contributed by atoms with Crippen molar-refractivity contribution in [2.75, 3.05) is 0 Å². The molecule has 2 amide bonds. The third-order valence-electron chi connectivity index (χ3n) is 6.56. The lowest BCUT2D eigenvalue weighted by molar-refractivity contribution is -0.149. The topological polar surface area (TPSA) is 46.2 Å². The van der Waals surface area contributed by atoms with Gasteiger partial charge in [-0.3, -0.25) is 14.9 Å². The molecule has 1 N–H and O–H groups in total. The second-order valence-corrected chi connectivity index (χ2v) is 8.06. The Hall–Kier alpha value is -0.860. The van der Waals surface area contributed by atoms with Gasteiger partial charge in [0.15, 0.2) is 0 Å². The molecule has 1 saturated heterocycles. The summed E-state index contributed by atoms with van der Waals surface area (Å²) in [6.45, 7) is 4.60. The molecule has 1 aliphatic heterocycles. The number of hydrogen-bond donors (Lipinski definition) is 1. The summed E-state index contributed by atoms with van der Waals surface area (Å²) in [6, 6.07) is 0. The first-order valence-corrected chi connectivity index (χ1v) is 8.85. The zero-order valence-electron chi connectivity index (χ0n) is 13.5. The smallest absolute Gasteiger partial charge is 0.230 e. The van der Waals surface area contributed by atoms with Gasteiger partial charge in [0, 0.05) is 12.3 Å². The second-order valence-electron chi connectivity index (χ2n) is 8.06. The van der Waals surface area contributed by atoms with E-state index in [2.05, 4.69) is 19.2 Å². The van der Waals surface area contributed by atoms with Crippen LogP contribution in [0.25, 0.3) is 0 Å². The lowest BCUT2D eigenvalue weighted by Gasteiger charge is -2.49. The fourth-order valence-electron chi connectivity index (χ4n) is 5.34. The van der Waals surface area contributed by atoms with Crippen molar-refractivity contribution >= 4 is 11.8 Å². The normalized spacial score (nSPS) is 38.2.